The first-order valence-electron chi connectivity index (χ1n) is 11.4. The Morgan fingerprint density at radius 2 is 2.00 bits per heavy atom. The van der Waals surface area contributed by atoms with E-state index in [4.69, 9.17) is 16.3 Å². The van der Waals surface area contributed by atoms with Crippen molar-refractivity contribution in [2.45, 2.75) is 45.7 Å². The molecule has 1 aliphatic heterocycles. The summed E-state index contributed by atoms with van der Waals surface area (Å²) in [5, 5.41) is 3.85. The number of hydrogen-bond donors (Lipinski definition) is 2. The van der Waals surface area contributed by atoms with Crippen LogP contribution in [0.5, 0.6) is 5.75 Å². The molecule has 0 saturated carbocycles. The Kier molecular flexibility index (Phi) is 7.25. The summed E-state index contributed by atoms with van der Waals surface area (Å²) in [6, 6.07) is 3.83. The zero-order valence-corrected chi connectivity index (χ0v) is 20.9. The number of carbonyl (C=O) groups excluding carboxylic acids is 1. The summed E-state index contributed by atoms with van der Waals surface area (Å²) >= 11 is 6.19. The minimum absolute atomic E-state index is 0.0553. The van der Waals surface area contributed by atoms with E-state index in [1.54, 1.807) is 36.8 Å². The highest BCUT2D eigenvalue weighted by Gasteiger charge is 2.37. The van der Waals surface area contributed by atoms with Crippen LogP contribution >= 0.6 is 11.6 Å². The molecule has 2 aromatic heterocycles. The SMILES string of the molecule is CC[C@H]1CN(C)C(=O)N1c1nc(C)nc(N[C@@H](C)c2cc3cc(Cl)c(OCC(F)F)cc3[nH]c2=O)n1. The molecule has 0 radical (unpaired) electrons. The topological polar surface area (TPSA) is 116 Å². The van der Waals surface area contributed by atoms with Gasteiger partial charge in [-0.25, -0.2) is 13.6 Å². The van der Waals surface area contributed by atoms with Gasteiger partial charge in [0.05, 0.1) is 22.6 Å². The van der Waals surface area contributed by atoms with Gasteiger partial charge in [-0.15, -0.1) is 0 Å². The number of rotatable bonds is 8. The van der Waals surface area contributed by atoms with Crippen LogP contribution in [0.2, 0.25) is 5.02 Å². The smallest absolute Gasteiger partial charge is 0.327 e. The lowest BCUT2D eigenvalue weighted by Gasteiger charge is -2.21. The molecule has 3 heterocycles. The third kappa shape index (κ3) is 5.18. The number of hydrogen-bond acceptors (Lipinski definition) is 7. The van der Waals surface area contributed by atoms with Crippen LogP contribution < -0.4 is 20.5 Å². The molecule has 2 atom stereocenters. The van der Waals surface area contributed by atoms with Crippen LogP contribution in [-0.4, -0.2) is 63.5 Å². The molecule has 1 saturated heterocycles. The van der Waals surface area contributed by atoms with Crippen LogP contribution in [0.25, 0.3) is 10.9 Å². The molecule has 10 nitrogen and oxygen atoms in total. The predicted octanol–water partition coefficient (Wildman–Crippen LogP) is 4.14. The van der Waals surface area contributed by atoms with Gasteiger partial charge in [-0.05, 0) is 32.4 Å². The number of ether oxygens (including phenoxy) is 1. The fourth-order valence-corrected chi connectivity index (χ4v) is 4.32. The van der Waals surface area contributed by atoms with E-state index in [-0.39, 0.29) is 34.7 Å². The number of benzene rings is 1. The number of amides is 2. The third-order valence-corrected chi connectivity index (χ3v) is 6.20. The summed E-state index contributed by atoms with van der Waals surface area (Å²) in [7, 11) is 1.73. The van der Waals surface area contributed by atoms with Gasteiger partial charge < -0.3 is 19.9 Å². The van der Waals surface area contributed by atoms with E-state index in [1.807, 2.05) is 6.92 Å². The Hall–Kier alpha value is -3.54. The Labute approximate surface area is 210 Å². The summed E-state index contributed by atoms with van der Waals surface area (Å²) in [5.41, 5.74) is 0.381. The Morgan fingerprint density at radius 3 is 2.69 bits per heavy atom. The molecule has 4 rings (SSSR count). The maximum absolute atomic E-state index is 12.8. The van der Waals surface area contributed by atoms with E-state index in [9.17, 15) is 18.4 Å². The molecule has 0 spiro atoms. The molecule has 2 N–H and O–H groups in total. The summed E-state index contributed by atoms with van der Waals surface area (Å²) in [6.45, 7) is 5.22. The van der Waals surface area contributed by atoms with Gasteiger partial charge in [0.15, 0.2) is 0 Å². The highest BCUT2D eigenvalue weighted by atomic mass is 35.5. The number of aromatic amines is 1. The number of aryl methyl sites for hydroxylation is 1. The number of anilines is 2. The quantitative estimate of drug-likeness (QED) is 0.457. The van der Waals surface area contributed by atoms with Gasteiger partial charge >= 0.3 is 6.03 Å². The standard InChI is InChI=1S/C23H26ClF2N7O3/c1-5-14-9-32(4)23(35)33(14)22-29-12(3)28-21(31-22)27-11(2)15-6-13-7-16(24)18(36-10-19(25)26)8-17(13)30-20(15)34/h6-8,11,14,19H,5,9-10H2,1-4H3,(H,30,34)(H,27,28,29,31)/t11-,14-/m0/s1. The number of nitrogens with zero attached hydrogens (tertiary/aromatic N) is 5. The van der Waals surface area contributed by atoms with Crippen LogP contribution in [0.3, 0.4) is 0 Å². The van der Waals surface area contributed by atoms with Crippen molar-refractivity contribution in [3.63, 3.8) is 0 Å². The van der Waals surface area contributed by atoms with Crippen LogP contribution in [-0.2, 0) is 0 Å². The van der Waals surface area contributed by atoms with Crippen molar-refractivity contribution >= 4 is 40.4 Å². The minimum atomic E-state index is -2.65. The molecule has 3 aromatic rings. The highest BCUT2D eigenvalue weighted by Crippen LogP contribution is 2.30. The zero-order chi connectivity index (χ0) is 26.1. The molecule has 0 aliphatic carbocycles. The summed E-state index contributed by atoms with van der Waals surface area (Å²) in [4.78, 5) is 44.5. The highest BCUT2D eigenvalue weighted by molar-refractivity contribution is 6.32. The molecule has 1 aliphatic rings. The molecule has 0 unspecified atom stereocenters. The first-order chi connectivity index (χ1) is 17.1. The van der Waals surface area contributed by atoms with Crippen molar-refractivity contribution < 1.29 is 18.3 Å². The third-order valence-electron chi connectivity index (χ3n) is 5.91. The molecule has 2 amide bonds. The van der Waals surface area contributed by atoms with E-state index in [1.165, 1.54) is 12.1 Å². The number of aromatic nitrogens is 4. The van der Waals surface area contributed by atoms with Crippen molar-refractivity contribution in [3.05, 3.63) is 45.0 Å². The number of nitrogens with one attached hydrogen (secondary N) is 2. The first-order valence-corrected chi connectivity index (χ1v) is 11.8. The Morgan fingerprint density at radius 1 is 1.25 bits per heavy atom. The zero-order valence-electron chi connectivity index (χ0n) is 20.2. The number of carbonyl (C=O) groups is 1. The lowest BCUT2D eigenvalue weighted by molar-refractivity contribution is 0.0820. The molecule has 36 heavy (non-hydrogen) atoms. The fraction of sp³-hybridized carbons (Fsp3) is 0.435. The van der Waals surface area contributed by atoms with Crippen molar-refractivity contribution in [2.75, 3.05) is 30.4 Å². The van der Waals surface area contributed by atoms with Crippen LogP contribution in [0.15, 0.2) is 23.0 Å². The van der Waals surface area contributed by atoms with E-state index in [2.05, 4.69) is 25.3 Å². The molecular formula is C23H26ClF2N7O3. The number of fused-ring (bicyclic) bond motifs is 1. The summed E-state index contributed by atoms with van der Waals surface area (Å²) in [6.07, 6.45) is -1.91. The van der Waals surface area contributed by atoms with Crippen LogP contribution in [0.1, 0.15) is 37.7 Å². The summed E-state index contributed by atoms with van der Waals surface area (Å²) in [5.74, 6) is 0.937. The number of H-pyrrole nitrogens is 1. The van der Waals surface area contributed by atoms with Gasteiger partial charge in [0.2, 0.25) is 11.9 Å². The average Bonchev–Trinajstić information content (AvgIpc) is 3.10. The number of alkyl halides is 2. The second kappa shape index (κ2) is 10.2. The molecule has 13 heteroatoms. The van der Waals surface area contributed by atoms with Crippen LogP contribution in [0.4, 0.5) is 25.5 Å². The van der Waals surface area contributed by atoms with Gasteiger partial charge in [-0.1, -0.05) is 18.5 Å². The molecule has 1 aromatic carbocycles. The molecular weight excluding hydrogens is 496 g/mol. The lowest BCUT2D eigenvalue weighted by Crippen LogP contribution is -2.36. The van der Waals surface area contributed by atoms with Gasteiger partial charge in [0.25, 0.3) is 12.0 Å². The second-order valence-electron chi connectivity index (χ2n) is 8.59. The molecule has 1 fully saturated rings. The predicted molar refractivity (Wildman–Crippen MR) is 132 cm³/mol. The van der Waals surface area contributed by atoms with E-state index < -0.39 is 24.6 Å². The maximum Gasteiger partial charge on any atom is 0.327 e. The van der Waals surface area contributed by atoms with Gasteiger partial charge in [-0.3, -0.25) is 9.69 Å². The van der Waals surface area contributed by atoms with E-state index in [0.29, 0.717) is 28.8 Å². The minimum Gasteiger partial charge on any atom is -0.486 e. The Balaban J connectivity index is 1.61. The Bertz CT molecular complexity index is 1350. The molecule has 0 bridgehead atoms. The summed E-state index contributed by atoms with van der Waals surface area (Å²) < 4.78 is 30.0. The van der Waals surface area contributed by atoms with Crippen LogP contribution in [0, 0.1) is 6.92 Å². The largest absolute Gasteiger partial charge is 0.486 e. The van der Waals surface area contributed by atoms with Gasteiger partial charge in [0, 0.05) is 30.6 Å². The van der Waals surface area contributed by atoms with Crippen molar-refractivity contribution in [2.24, 2.45) is 0 Å². The fourth-order valence-electron chi connectivity index (χ4n) is 4.10. The van der Waals surface area contributed by atoms with Crippen molar-refractivity contribution in [3.8, 4) is 5.75 Å². The number of likely N-dealkylation sites (N-methyl/N-ethyl adjacent to an activating group) is 1. The van der Waals surface area contributed by atoms with Gasteiger partial charge in [-0.2, -0.15) is 15.0 Å². The number of pyridine rings is 1. The second-order valence-corrected chi connectivity index (χ2v) is 9.00. The normalized spacial score (nSPS) is 16.8. The van der Waals surface area contributed by atoms with Crippen molar-refractivity contribution in [1.29, 1.82) is 0 Å². The average molecular weight is 522 g/mol. The van der Waals surface area contributed by atoms with E-state index >= 15 is 0 Å². The maximum atomic E-state index is 12.8. The van der Waals surface area contributed by atoms with E-state index in [0.717, 1.165) is 6.42 Å². The molecule has 192 valence electrons. The monoisotopic (exact) mass is 521 g/mol. The number of urea groups is 1. The van der Waals surface area contributed by atoms with Gasteiger partial charge in [0.1, 0.15) is 18.2 Å². The first kappa shape index (κ1) is 25.5. The number of halogens is 3. The van der Waals surface area contributed by atoms with Crippen molar-refractivity contribution in [1.82, 2.24) is 24.8 Å². The lowest BCUT2D eigenvalue weighted by atomic mass is 10.1.